The molecule has 2 rings (SSSR count). The van der Waals surface area contributed by atoms with Gasteiger partial charge in [-0.05, 0) is 38.0 Å². The maximum Gasteiger partial charge on any atom is 0.101 e. The van der Waals surface area contributed by atoms with E-state index >= 15 is 0 Å². The number of nitrogens with two attached hydrogens (primary N) is 1. The second kappa shape index (κ2) is 4.95. The highest BCUT2D eigenvalue weighted by atomic mass is 35.5. The highest BCUT2D eigenvalue weighted by Crippen LogP contribution is 2.29. The van der Waals surface area contributed by atoms with E-state index in [1.807, 2.05) is 6.07 Å². The van der Waals surface area contributed by atoms with Crippen molar-refractivity contribution in [2.24, 2.45) is 5.73 Å². The van der Waals surface area contributed by atoms with Gasteiger partial charge in [0.05, 0.1) is 11.3 Å². The number of nitrogens with zero attached hydrogens (tertiary/aromatic N) is 2. The summed E-state index contributed by atoms with van der Waals surface area (Å²) in [5, 5.41) is 9.80. The topological polar surface area (TPSA) is 53.0 Å². The van der Waals surface area contributed by atoms with Gasteiger partial charge < -0.3 is 10.6 Å². The number of nitriles is 1. The summed E-state index contributed by atoms with van der Waals surface area (Å²) in [4.78, 5) is 2.23. The summed E-state index contributed by atoms with van der Waals surface area (Å²) in [6.07, 6.45) is 1.92. The third kappa shape index (κ3) is 2.54. The van der Waals surface area contributed by atoms with E-state index in [1.165, 1.54) is 0 Å². The molecule has 2 atom stereocenters. The molecule has 0 aromatic heterocycles. The lowest BCUT2D eigenvalue weighted by atomic mass is 9.97. The molecule has 0 bridgehead atoms. The number of piperidine rings is 1. The fourth-order valence-electron chi connectivity index (χ4n) is 2.40. The molecule has 0 amide bonds. The number of rotatable bonds is 1. The highest BCUT2D eigenvalue weighted by Gasteiger charge is 2.25. The van der Waals surface area contributed by atoms with Crippen LogP contribution in [0.3, 0.4) is 0 Å². The van der Waals surface area contributed by atoms with Crippen LogP contribution in [-0.2, 0) is 0 Å². The Bertz CT molecular complexity index is 452. The number of hydrogen-bond acceptors (Lipinski definition) is 3. The van der Waals surface area contributed by atoms with Gasteiger partial charge in [-0.2, -0.15) is 5.26 Å². The quantitative estimate of drug-likeness (QED) is 0.832. The molecule has 1 fully saturated rings. The van der Waals surface area contributed by atoms with E-state index < -0.39 is 0 Å². The van der Waals surface area contributed by atoms with Crippen LogP contribution >= 0.6 is 11.6 Å². The van der Waals surface area contributed by atoms with Gasteiger partial charge in [0.2, 0.25) is 0 Å². The van der Waals surface area contributed by atoms with Crippen molar-refractivity contribution < 1.29 is 0 Å². The first-order chi connectivity index (χ1) is 8.11. The molecular weight excluding hydrogens is 234 g/mol. The maximum absolute atomic E-state index is 9.13. The van der Waals surface area contributed by atoms with Crippen LogP contribution in [0.25, 0.3) is 0 Å². The van der Waals surface area contributed by atoms with Crippen LogP contribution in [0, 0.1) is 11.3 Å². The molecular formula is C13H16ClN3. The minimum absolute atomic E-state index is 0.269. The minimum atomic E-state index is 0.269. The van der Waals surface area contributed by atoms with Crippen LogP contribution in [0.15, 0.2) is 18.2 Å². The first kappa shape index (κ1) is 12.2. The van der Waals surface area contributed by atoms with Crippen LogP contribution in [0.5, 0.6) is 0 Å². The molecule has 17 heavy (non-hydrogen) atoms. The first-order valence-electron chi connectivity index (χ1n) is 5.83. The maximum atomic E-state index is 9.13. The predicted molar refractivity (Wildman–Crippen MR) is 70.2 cm³/mol. The van der Waals surface area contributed by atoms with Gasteiger partial charge in [-0.1, -0.05) is 11.6 Å². The number of benzene rings is 1. The third-order valence-corrected chi connectivity index (χ3v) is 3.54. The Labute approximate surface area is 107 Å². The Morgan fingerprint density at radius 2 is 2.29 bits per heavy atom. The normalized spacial score (nSPS) is 24.5. The molecule has 1 aromatic carbocycles. The van der Waals surface area contributed by atoms with Crippen LogP contribution in [0.2, 0.25) is 5.02 Å². The summed E-state index contributed by atoms with van der Waals surface area (Å²) in [7, 11) is 0. The molecule has 1 heterocycles. The van der Waals surface area contributed by atoms with Crippen LogP contribution in [-0.4, -0.2) is 18.6 Å². The zero-order valence-electron chi connectivity index (χ0n) is 9.86. The van der Waals surface area contributed by atoms with Gasteiger partial charge in [0.25, 0.3) is 0 Å². The van der Waals surface area contributed by atoms with Crippen LogP contribution in [0.4, 0.5) is 5.69 Å². The van der Waals surface area contributed by atoms with Crippen molar-refractivity contribution in [1.29, 1.82) is 5.26 Å². The molecule has 1 saturated heterocycles. The van der Waals surface area contributed by atoms with E-state index in [4.69, 9.17) is 22.6 Å². The highest BCUT2D eigenvalue weighted by molar-refractivity contribution is 6.30. The van der Waals surface area contributed by atoms with Crippen molar-refractivity contribution in [3.8, 4) is 6.07 Å². The summed E-state index contributed by atoms with van der Waals surface area (Å²) in [6.45, 7) is 3.03. The number of halogens is 1. The average Bonchev–Trinajstić information content (AvgIpc) is 2.29. The largest absolute Gasteiger partial charge is 0.368 e. The lowest BCUT2D eigenvalue weighted by Crippen LogP contribution is -2.45. The van der Waals surface area contributed by atoms with E-state index in [0.717, 1.165) is 25.1 Å². The number of hydrogen-bond donors (Lipinski definition) is 1. The van der Waals surface area contributed by atoms with E-state index in [9.17, 15) is 0 Å². The molecule has 4 heteroatoms. The summed E-state index contributed by atoms with van der Waals surface area (Å²) < 4.78 is 0. The van der Waals surface area contributed by atoms with Gasteiger partial charge in [-0.15, -0.1) is 0 Å². The number of anilines is 1. The van der Waals surface area contributed by atoms with E-state index in [2.05, 4.69) is 17.9 Å². The van der Waals surface area contributed by atoms with Crippen molar-refractivity contribution in [1.82, 2.24) is 0 Å². The Kier molecular flexibility index (Phi) is 3.56. The second-order valence-electron chi connectivity index (χ2n) is 4.60. The molecule has 0 spiro atoms. The summed E-state index contributed by atoms with van der Waals surface area (Å²) in [5.41, 5.74) is 7.56. The summed E-state index contributed by atoms with van der Waals surface area (Å²) in [6, 6.07) is 8.24. The first-order valence-corrected chi connectivity index (χ1v) is 6.21. The summed E-state index contributed by atoms with van der Waals surface area (Å²) in [5.74, 6) is 0. The lowest BCUT2D eigenvalue weighted by Gasteiger charge is -2.38. The van der Waals surface area contributed by atoms with Gasteiger partial charge in [0.1, 0.15) is 6.07 Å². The Balaban J connectivity index is 2.33. The van der Waals surface area contributed by atoms with Gasteiger partial charge in [0, 0.05) is 23.7 Å². The molecule has 2 N–H and O–H groups in total. The molecule has 0 aliphatic carbocycles. The van der Waals surface area contributed by atoms with Crippen LogP contribution in [0.1, 0.15) is 25.3 Å². The molecule has 1 aromatic rings. The van der Waals surface area contributed by atoms with Crippen molar-refractivity contribution in [3.63, 3.8) is 0 Å². The Morgan fingerprint density at radius 3 is 2.94 bits per heavy atom. The van der Waals surface area contributed by atoms with Crippen molar-refractivity contribution in [3.05, 3.63) is 28.8 Å². The molecule has 0 radical (unpaired) electrons. The monoisotopic (exact) mass is 249 g/mol. The van der Waals surface area contributed by atoms with Crippen molar-refractivity contribution in [2.45, 2.75) is 31.8 Å². The molecule has 2 unspecified atom stereocenters. The minimum Gasteiger partial charge on any atom is -0.368 e. The predicted octanol–water partition coefficient (Wildman–Crippen LogP) is 2.53. The van der Waals surface area contributed by atoms with Gasteiger partial charge in [-0.25, -0.2) is 0 Å². The van der Waals surface area contributed by atoms with E-state index in [-0.39, 0.29) is 6.04 Å². The van der Waals surface area contributed by atoms with E-state index in [0.29, 0.717) is 16.6 Å². The zero-order chi connectivity index (χ0) is 12.4. The van der Waals surface area contributed by atoms with Crippen molar-refractivity contribution >= 4 is 17.3 Å². The van der Waals surface area contributed by atoms with Gasteiger partial charge >= 0.3 is 0 Å². The third-order valence-electron chi connectivity index (χ3n) is 3.31. The Hall–Kier alpha value is -1.24. The molecule has 3 nitrogen and oxygen atoms in total. The SMILES string of the molecule is CC1CC(N)CCN1c1cc(Cl)ccc1C#N. The second-order valence-corrected chi connectivity index (χ2v) is 5.04. The molecule has 0 saturated carbocycles. The molecule has 1 aliphatic rings. The molecule has 90 valence electrons. The fourth-order valence-corrected chi connectivity index (χ4v) is 2.57. The van der Waals surface area contributed by atoms with Crippen LogP contribution < -0.4 is 10.6 Å². The fraction of sp³-hybridized carbons (Fsp3) is 0.462. The molecule has 1 aliphatic heterocycles. The Morgan fingerprint density at radius 1 is 1.53 bits per heavy atom. The van der Waals surface area contributed by atoms with Crippen molar-refractivity contribution in [2.75, 3.05) is 11.4 Å². The lowest BCUT2D eigenvalue weighted by molar-refractivity contribution is 0.429. The van der Waals surface area contributed by atoms with E-state index in [1.54, 1.807) is 12.1 Å². The van der Waals surface area contributed by atoms with Gasteiger partial charge in [-0.3, -0.25) is 0 Å². The van der Waals surface area contributed by atoms with Gasteiger partial charge in [0.15, 0.2) is 0 Å². The average molecular weight is 250 g/mol. The smallest absolute Gasteiger partial charge is 0.101 e. The standard InChI is InChI=1S/C13H16ClN3/c1-9-6-12(16)4-5-17(9)13-7-11(14)3-2-10(13)8-15/h2-3,7,9,12H,4-6,16H2,1H3. The zero-order valence-corrected chi connectivity index (χ0v) is 10.6. The summed E-state index contributed by atoms with van der Waals surface area (Å²) >= 11 is 6.01.